The Labute approximate surface area is 147 Å². The number of amides is 1. The Morgan fingerprint density at radius 2 is 2.15 bits per heavy atom. The number of nitrogens with two attached hydrogens (primary N) is 1. The van der Waals surface area contributed by atoms with Crippen LogP contribution in [0.1, 0.15) is 41.3 Å². The number of aliphatic imine (C=N–C) groups is 1. The fourth-order valence-corrected chi connectivity index (χ4v) is 2.79. The molecule has 0 bridgehead atoms. The highest BCUT2D eigenvalue weighted by Gasteiger charge is 2.46. The lowest BCUT2D eigenvalue weighted by atomic mass is 9.89. The molecule has 26 heavy (non-hydrogen) atoms. The standard InChI is InChI=1S/C17H17F3N4O2/c1-8-6-17(19,20)14(24-15(8)21)11-5-10(3-4-12(11)18)23-16(25)13-7-26-9(2)22-13/h3-5,7-8,14H,6H2,1-2H3,(H2,21,24)(H,23,25). The minimum atomic E-state index is -3.25. The van der Waals surface area contributed by atoms with Crippen LogP contribution in [0.5, 0.6) is 0 Å². The lowest BCUT2D eigenvalue weighted by Gasteiger charge is -2.32. The number of hydrogen-bond acceptors (Lipinski definition) is 5. The van der Waals surface area contributed by atoms with E-state index in [9.17, 15) is 18.0 Å². The minimum absolute atomic E-state index is 0.0208. The summed E-state index contributed by atoms with van der Waals surface area (Å²) in [5.74, 6) is -4.96. The highest BCUT2D eigenvalue weighted by atomic mass is 19.3. The third kappa shape index (κ3) is 3.42. The second kappa shape index (κ2) is 6.47. The van der Waals surface area contributed by atoms with Crippen LogP contribution in [0, 0.1) is 18.7 Å². The van der Waals surface area contributed by atoms with Crippen LogP contribution in [0.2, 0.25) is 0 Å². The van der Waals surface area contributed by atoms with Gasteiger partial charge in [-0.25, -0.2) is 18.2 Å². The molecule has 1 aliphatic rings. The Kier molecular flexibility index (Phi) is 4.47. The molecule has 6 nitrogen and oxygen atoms in total. The van der Waals surface area contributed by atoms with E-state index >= 15 is 0 Å². The van der Waals surface area contributed by atoms with Gasteiger partial charge in [0.25, 0.3) is 11.8 Å². The fourth-order valence-electron chi connectivity index (χ4n) is 2.79. The molecule has 1 aromatic carbocycles. The molecule has 0 saturated carbocycles. The predicted octanol–water partition coefficient (Wildman–Crippen LogP) is 3.45. The number of nitrogens with zero attached hydrogens (tertiary/aromatic N) is 2. The number of aromatic nitrogens is 1. The van der Waals surface area contributed by atoms with Crippen LogP contribution in [0.25, 0.3) is 0 Å². The number of nitrogens with one attached hydrogen (secondary N) is 1. The summed E-state index contributed by atoms with van der Waals surface area (Å²) in [6.07, 6.45) is 0.637. The summed E-state index contributed by atoms with van der Waals surface area (Å²) < 4.78 is 47.9. The topological polar surface area (TPSA) is 93.5 Å². The lowest BCUT2D eigenvalue weighted by molar-refractivity contribution is -0.0462. The summed E-state index contributed by atoms with van der Waals surface area (Å²) in [6, 6.07) is 1.65. The largest absolute Gasteiger partial charge is 0.448 e. The number of hydrogen-bond donors (Lipinski definition) is 2. The van der Waals surface area contributed by atoms with E-state index in [1.54, 1.807) is 6.92 Å². The van der Waals surface area contributed by atoms with E-state index in [1.807, 2.05) is 0 Å². The van der Waals surface area contributed by atoms with Gasteiger partial charge in [-0.2, -0.15) is 0 Å². The highest BCUT2D eigenvalue weighted by molar-refractivity contribution is 6.02. The number of carbonyl (C=O) groups is 1. The first-order valence-electron chi connectivity index (χ1n) is 7.91. The van der Waals surface area contributed by atoms with Crippen molar-refractivity contribution in [3.63, 3.8) is 0 Å². The van der Waals surface area contributed by atoms with E-state index in [4.69, 9.17) is 10.2 Å². The van der Waals surface area contributed by atoms with Gasteiger partial charge in [-0.15, -0.1) is 0 Å². The number of rotatable bonds is 3. The smallest absolute Gasteiger partial charge is 0.277 e. The zero-order valence-corrected chi connectivity index (χ0v) is 14.1. The molecule has 1 amide bonds. The number of aryl methyl sites for hydroxylation is 1. The van der Waals surface area contributed by atoms with E-state index in [0.717, 1.165) is 18.4 Å². The number of amidine groups is 1. The molecule has 1 aliphatic heterocycles. The van der Waals surface area contributed by atoms with Crippen molar-refractivity contribution in [2.75, 3.05) is 5.32 Å². The van der Waals surface area contributed by atoms with Crippen LogP contribution in [-0.2, 0) is 0 Å². The predicted molar refractivity (Wildman–Crippen MR) is 88.7 cm³/mol. The van der Waals surface area contributed by atoms with Gasteiger partial charge in [-0.05, 0) is 18.2 Å². The summed E-state index contributed by atoms with van der Waals surface area (Å²) >= 11 is 0. The average molecular weight is 366 g/mol. The van der Waals surface area contributed by atoms with Gasteiger partial charge in [0.05, 0.1) is 5.84 Å². The van der Waals surface area contributed by atoms with Crippen molar-refractivity contribution in [1.29, 1.82) is 0 Å². The van der Waals surface area contributed by atoms with Crippen molar-refractivity contribution < 1.29 is 22.4 Å². The van der Waals surface area contributed by atoms with E-state index in [0.29, 0.717) is 5.89 Å². The summed E-state index contributed by atoms with van der Waals surface area (Å²) in [6.45, 7) is 3.11. The van der Waals surface area contributed by atoms with Crippen molar-refractivity contribution in [3.8, 4) is 0 Å². The number of alkyl halides is 2. The van der Waals surface area contributed by atoms with Crippen molar-refractivity contribution in [3.05, 3.63) is 47.4 Å². The maximum absolute atomic E-state index is 14.4. The zero-order chi connectivity index (χ0) is 19.1. The molecular formula is C17H17F3N4O2. The highest BCUT2D eigenvalue weighted by Crippen LogP contribution is 2.44. The molecule has 0 spiro atoms. The molecule has 2 unspecified atom stereocenters. The summed E-state index contributed by atoms with van der Waals surface area (Å²) in [7, 11) is 0. The van der Waals surface area contributed by atoms with Gasteiger partial charge in [0.2, 0.25) is 0 Å². The number of carbonyl (C=O) groups excluding carboxylic acids is 1. The molecule has 2 atom stereocenters. The van der Waals surface area contributed by atoms with Gasteiger partial charge < -0.3 is 15.5 Å². The first kappa shape index (κ1) is 18.0. The molecule has 0 aliphatic carbocycles. The minimum Gasteiger partial charge on any atom is -0.448 e. The molecule has 9 heteroatoms. The summed E-state index contributed by atoms with van der Waals surface area (Å²) in [5, 5.41) is 2.47. The van der Waals surface area contributed by atoms with Crippen LogP contribution < -0.4 is 11.1 Å². The van der Waals surface area contributed by atoms with Crippen LogP contribution in [-0.4, -0.2) is 22.6 Å². The number of halogens is 3. The molecule has 3 rings (SSSR count). The first-order valence-corrected chi connectivity index (χ1v) is 7.91. The van der Waals surface area contributed by atoms with E-state index < -0.39 is 36.0 Å². The number of oxazole rings is 1. The summed E-state index contributed by atoms with van der Waals surface area (Å²) in [5.41, 5.74) is 5.50. The van der Waals surface area contributed by atoms with Crippen molar-refractivity contribution in [2.24, 2.45) is 16.6 Å². The van der Waals surface area contributed by atoms with Crippen LogP contribution in [0.4, 0.5) is 18.9 Å². The normalized spacial score (nSPS) is 22.0. The SMILES string of the molecule is Cc1nc(C(=O)Nc2ccc(F)c(C3N=C(N)C(C)CC3(F)F)c2)co1. The molecule has 0 radical (unpaired) electrons. The third-order valence-corrected chi connectivity index (χ3v) is 4.16. The lowest BCUT2D eigenvalue weighted by Crippen LogP contribution is -2.39. The summed E-state index contributed by atoms with van der Waals surface area (Å²) in [4.78, 5) is 19.8. The number of benzene rings is 1. The molecular weight excluding hydrogens is 349 g/mol. The second-order valence-corrected chi connectivity index (χ2v) is 6.26. The zero-order valence-electron chi connectivity index (χ0n) is 14.1. The quantitative estimate of drug-likeness (QED) is 0.870. The average Bonchev–Trinajstić information content (AvgIpc) is 2.99. The van der Waals surface area contributed by atoms with Crippen LogP contribution >= 0.6 is 0 Å². The molecule has 2 heterocycles. The Balaban J connectivity index is 1.92. The van der Waals surface area contributed by atoms with Crippen LogP contribution in [0.15, 0.2) is 33.9 Å². The van der Waals surface area contributed by atoms with Crippen molar-refractivity contribution >= 4 is 17.4 Å². The molecule has 1 aromatic heterocycles. The van der Waals surface area contributed by atoms with E-state index in [2.05, 4.69) is 15.3 Å². The molecule has 2 aromatic rings. The van der Waals surface area contributed by atoms with Gasteiger partial charge in [-0.1, -0.05) is 6.92 Å². The first-order chi connectivity index (χ1) is 12.2. The maximum Gasteiger partial charge on any atom is 0.277 e. The Bertz CT molecular complexity index is 879. The monoisotopic (exact) mass is 366 g/mol. The third-order valence-electron chi connectivity index (χ3n) is 4.16. The Morgan fingerprint density at radius 3 is 2.81 bits per heavy atom. The molecule has 0 fully saturated rings. The van der Waals surface area contributed by atoms with Crippen molar-refractivity contribution in [2.45, 2.75) is 32.2 Å². The van der Waals surface area contributed by atoms with Crippen LogP contribution in [0.3, 0.4) is 0 Å². The molecule has 3 N–H and O–H groups in total. The second-order valence-electron chi connectivity index (χ2n) is 6.26. The molecule has 0 saturated heterocycles. The number of anilines is 1. The van der Waals surface area contributed by atoms with E-state index in [1.165, 1.54) is 13.0 Å². The van der Waals surface area contributed by atoms with Gasteiger partial charge in [-0.3, -0.25) is 9.79 Å². The van der Waals surface area contributed by atoms with Crippen molar-refractivity contribution in [1.82, 2.24) is 4.98 Å². The Morgan fingerprint density at radius 1 is 1.42 bits per heavy atom. The van der Waals surface area contributed by atoms with Gasteiger partial charge in [0.15, 0.2) is 11.6 Å². The fraction of sp³-hybridized carbons (Fsp3) is 0.353. The Hall–Kier alpha value is -2.84. The van der Waals surface area contributed by atoms with E-state index in [-0.39, 0.29) is 22.8 Å². The van der Waals surface area contributed by atoms with Gasteiger partial charge >= 0.3 is 0 Å². The van der Waals surface area contributed by atoms with Gasteiger partial charge in [0.1, 0.15) is 18.1 Å². The maximum atomic E-state index is 14.4. The van der Waals surface area contributed by atoms with Gasteiger partial charge in [0, 0.05) is 30.5 Å². The molecule has 138 valence electrons.